The van der Waals surface area contributed by atoms with Crippen LogP contribution in [0.15, 0.2) is 0 Å². The van der Waals surface area contributed by atoms with E-state index in [2.05, 4.69) is 27.7 Å². The molecule has 2 N–H and O–H groups in total. The molecule has 2 unspecified atom stereocenters. The van der Waals surface area contributed by atoms with Crippen molar-refractivity contribution < 1.29 is 12.6 Å². The molecular formula is C21H43NO3S. The fraction of sp³-hybridized carbons (Fsp3) is 1.00. The number of hydrogen-bond acceptors (Lipinski definition) is 4. The van der Waals surface area contributed by atoms with E-state index in [0.29, 0.717) is 17.4 Å². The first-order valence-electron chi connectivity index (χ1n) is 10.5. The number of nitrogens with two attached hydrogens (primary N) is 1. The molecular weight excluding hydrogens is 346 g/mol. The van der Waals surface area contributed by atoms with Gasteiger partial charge in [0.25, 0.3) is 10.1 Å². The second kappa shape index (κ2) is 10.4. The summed E-state index contributed by atoms with van der Waals surface area (Å²) in [6.45, 7) is 10.6. The van der Waals surface area contributed by atoms with E-state index in [9.17, 15) is 8.42 Å². The van der Waals surface area contributed by atoms with Gasteiger partial charge in [0.1, 0.15) is 0 Å². The molecule has 0 aromatic carbocycles. The van der Waals surface area contributed by atoms with Gasteiger partial charge >= 0.3 is 0 Å². The van der Waals surface area contributed by atoms with Crippen LogP contribution in [0.4, 0.5) is 0 Å². The summed E-state index contributed by atoms with van der Waals surface area (Å²) in [6.07, 6.45) is 13.8. The Balaban J connectivity index is 0.000000273. The second-order valence-corrected chi connectivity index (χ2v) is 11.8. The third-order valence-electron chi connectivity index (χ3n) is 6.01. The molecule has 0 aliphatic heterocycles. The van der Waals surface area contributed by atoms with Gasteiger partial charge in [0.05, 0.1) is 12.9 Å². The summed E-state index contributed by atoms with van der Waals surface area (Å²) in [5.74, 6) is 1.75. The van der Waals surface area contributed by atoms with E-state index < -0.39 is 10.1 Å². The molecule has 2 fully saturated rings. The largest absolute Gasteiger partial charge is 0.330 e. The maximum absolute atomic E-state index is 10.7. The highest BCUT2D eigenvalue weighted by Crippen LogP contribution is 2.43. The molecule has 0 saturated heterocycles. The van der Waals surface area contributed by atoms with Crippen molar-refractivity contribution in [2.75, 3.05) is 19.4 Å². The smallest absolute Gasteiger partial charge is 0.264 e. The minimum atomic E-state index is -3.24. The molecule has 2 atom stereocenters. The summed E-state index contributed by atoms with van der Waals surface area (Å²) in [4.78, 5) is 0. The molecule has 4 nitrogen and oxygen atoms in total. The number of hydrogen-bond donors (Lipinski definition) is 1. The minimum absolute atomic E-state index is 0.343. The second-order valence-electron chi connectivity index (χ2n) is 10.1. The summed E-state index contributed by atoms with van der Waals surface area (Å²) in [5.41, 5.74) is 6.59. The quantitative estimate of drug-likeness (QED) is 0.462. The van der Waals surface area contributed by atoms with E-state index in [-0.39, 0.29) is 0 Å². The zero-order chi connectivity index (χ0) is 19.8. The van der Waals surface area contributed by atoms with E-state index >= 15 is 0 Å². The van der Waals surface area contributed by atoms with Crippen LogP contribution in [0.25, 0.3) is 0 Å². The number of rotatable bonds is 8. The monoisotopic (exact) mass is 389 g/mol. The Bertz CT molecular complexity index is 499. The van der Waals surface area contributed by atoms with Gasteiger partial charge in [-0.05, 0) is 93.4 Å². The van der Waals surface area contributed by atoms with Crippen LogP contribution in [-0.4, -0.2) is 27.8 Å². The lowest BCUT2D eigenvalue weighted by Crippen LogP contribution is -2.07. The molecule has 0 aromatic rings. The van der Waals surface area contributed by atoms with Crippen molar-refractivity contribution >= 4 is 10.1 Å². The highest BCUT2D eigenvalue weighted by Gasteiger charge is 2.30. The molecule has 0 heterocycles. The summed E-state index contributed by atoms with van der Waals surface area (Å²) < 4.78 is 26.1. The van der Waals surface area contributed by atoms with Gasteiger partial charge in [0.2, 0.25) is 0 Å². The lowest BCUT2D eigenvalue weighted by Gasteiger charge is -2.16. The molecule has 0 bridgehead atoms. The van der Waals surface area contributed by atoms with Crippen molar-refractivity contribution in [2.45, 2.75) is 91.9 Å². The molecule has 2 aliphatic rings. The third-order valence-corrected chi connectivity index (χ3v) is 6.61. The van der Waals surface area contributed by atoms with Gasteiger partial charge < -0.3 is 5.73 Å². The van der Waals surface area contributed by atoms with Gasteiger partial charge in [-0.15, -0.1) is 0 Å². The van der Waals surface area contributed by atoms with Crippen LogP contribution < -0.4 is 5.73 Å². The van der Waals surface area contributed by atoms with Crippen LogP contribution in [0.5, 0.6) is 0 Å². The maximum Gasteiger partial charge on any atom is 0.264 e. The predicted octanol–water partition coefficient (Wildman–Crippen LogP) is 5.12. The van der Waals surface area contributed by atoms with Gasteiger partial charge in [-0.2, -0.15) is 8.42 Å². The van der Waals surface area contributed by atoms with Gasteiger partial charge in [-0.3, -0.25) is 4.18 Å². The van der Waals surface area contributed by atoms with Crippen LogP contribution in [0.2, 0.25) is 0 Å². The predicted molar refractivity (Wildman–Crippen MR) is 111 cm³/mol. The van der Waals surface area contributed by atoms with Crippen LogP contribution >= 0.6 is 0 Å². The first kappa shape index (κ1) is 23.9. The first-order chi connectivity index (χ1) is 11.9. The van der Waals surface area contributed by atoms with Crippen molar-refractivity contribution in [3.05, 3.63) is 0 Å². The molecule has 26 heavy (non-hydrogen) atoms. The minimum Gasteiger partial charge on any atom is -0.330 e. The highest BCUT2D eigenvalue weighted by atomic mass is 32.2. The topological polar surface area (TPSA) is 69.4 Å². The molecule has 0 aromatic heterocycles. The SMILES string of the molecule is CC1(C)CCC(CCCN)C1.CC1(C)CCC(CCCOS(C)(=O)=O)C1. The van der Waals surface area contributed by atoms with Crippen LogP contribution in [0.1, 0.15) is 91.9 Å². The van der Waals surface area contributed by atoms with Crippen molar-refractivity contribution in [3.63, 3.8) is 0 Å². The lowest BCUT2D eigenvalue weighted by molar-refractivity contribution is 0.290. The Labute approximate surface area is 162 Å². The van der Waals surface area contributed by atoms with E-state index in [4.69, 9.17) is 9.92 Å². The highest BCUT2D eigenvalue weighted by molar-refractivity contribution is 7.85. The Kier molecular flexibility index (Phi) is 9.59. The molecule has 2 aliphatic carbocycles. The van der Waals surface area contributed by atoms with Gasteiger partial charge in [-0.25, -0.2) is 0 Å². The van der Waals surface area contributed by atoms with Gasteiger partial charge in [0.15, 0.2) is 0 Å². The van der Waals surface area contributed by atoms with Gasteiger partial charge in [0, 0.05) is 0 Å². The van der Waals surface area contributed by atoms with E-state index in [1.807, 2.05) is 0 Å². The van der Waals surface area contributed by atoms with E-state index in [1.54, 1.807) is 0 Å². The Morgan fingerprint density at radius 1 is 0.923 bits per heavy atom. The van der Waals surface area contributed by atoms with E-state index in [1.165, 1.54) is 51.4 Å². The van der Waals surface area contributed by atoms with Crippen molar-refractivity contribution in [2.24, 2.45) is 28.4 Å². The van der Waals surface area contributed by atoms with Crippen LogP contribution in [0, 0.1) is 22.7 Å². The summed E-state index contributed by atoms with van der Waals surface area (Å²) in [6, 6.07) is 0. The summed E-state index contributed by atoms with van der Waals surface area (Å²) in [5, 5.41) is 0. The van der Waals surface area contributed by atoms with Crippen LogP contribution in [-0.2, 0) is 14.3 Å². The molecule has 2 rings (SSSR count). The zero-order valence-corrected chi connectivity index (χ0v) is 18.7. The average Bonchev–Trinajstić information content (AvgIpc) is 3.03. The Morgan fingerprint density at radius 2 is 1.38 bits per heavy atom. The van der Waals surface area contributed by atoms with Crippen molar-refractivity contribution in [1.29, 1.82) is 0 Å². The summed E-state index contributed by atoms with van der Waals surface area (Å²) in [7, 11) is -3.24. The lowest BCUT2D eigenvalue weighted by atomic mass is 9.89. The molecule has 0 amide bonds. The van der Waals surface area contributed by atoms with E-state index in [0.717, 1.165) is 37.5 Å². The molecule has 0 spiro atoms. The molecule has 0 radical (unpaired) electrons. The fourth-order valence-electron chi connectivity index (χ4n) is 4.64. The van der Waals surface area contributed by atoms with Crippen molar-refractivity contribution in [1.82, 2.24) is 0 Å². The van der Waals surface area contributed by atoms with Gasteiger partial charge in [-0.1, -0.05) is 27.7 Å². The Morgan fingerprint density at radius 3 is 1.73 bits per heavy atom. The molecule has 156 valence electrons. The maximum atomic E-state index is 10.7. The Hall–Kier alpha value is -0.130. The fourth-order valence-corrected chi connectivity index (χ4v) is 5.06. The molecule has 2 saturated carbocycles. The van der Waals surface area contributed by atoms with Crippen LogP contribution in [0.3, 0.4) is 0 Å². The van der Waals surface area contributed by atoms with Crippen molar-refractivity contribution in [3.8, 4) is 0 Å². The third kappa shape index (κ3) is 10.9. The molecule has 5 heteroatoms. The normalized spacial score (nSPS) is 27.2. The standard InChI is InChI=1S/C11H22O3S.C10H21N/c1-11(2)7-6-10(9-11)5-4-8-14-15(3,12)13;1-10(2)6-5-9(8-10)4-3-7-11/h10H,4-9H2,1-3H3;9H,3-8,11H2,1-2H3. The first-order valence-corrected chi connectivity index (χ1v) is 12.3. The average molecular weight is 390 g/mol. The summed E-state index contributed by atoms with van der Waals surface area (Å²) >= 11 is 0. The zero-order valence-electron chi connectivity index (χ0n) is 17.9.